The molecule has 1 aliphatic heterocycles. The van der Waals surface area contributed by atoms with Crippen LogP contribution in [-0.4, -0.2) is 35.4 Å². The molecule has 9 heteroatoms. The van der Waals surface area contributed by atoms with E-state index in [0.29, 0.717) is 35.8 Å². The number of ketones is 1. The fourth-order valence-corrected chi connectivity index (χ4v) is 4.69. The second kappa shape index (κ2) is 9.77. The van der Waals surface area contributed by atoms with Gasteiger partial charge in [-0.3, -0.25) is 19.7 Å². The van der Waals surface area contributed by atoms with Crippen LogP contribution < -0.4 is 14.8 Å². The van der Waals surface area contributed by atoms with Gasteiger partial charge in [0, 0.05) is 36.1 Å². The van der Waals surface area contributed by atoms with Crippen molar-refractivity contribution in [2.24, 2.45) is 5.92 Å². The van der Waals surface area contributed by atoms with Crippen LogP contribution in [0.2, 0.25) is 0 Å². The van der Waals surface area contributed by atoms with E-state index in [-0.39, 0.29) is 36.2 Å². The Morgan fingerprint density at radius 1 is 1.11 bits per heavy atom. The third-order valence-electron chi connectivity index (χ3n) is 6.37. The molecule has 2 unspecified atom stereocenters. The maximum atomic E-state index is 13.3. The highest BCUT2D eigenvalue weighted by Gasteiger charge is 2.39. The molecule has 0 spiro atoms. The van der Waals surface area contributed by atoms with E-state index in [0.717, 1.165) is 11.3 Å². The molecule has 1 amide bonds. The highest BCUT2D eigenvalue weighted by Crippen LogP contribution is 2.46. The molecule has 4 rings (SSSR count). The minimum atomic E-state index is -0.715. The van der Waals surface area contributed by atoms with Crippen molar-refractivity contribution in [3.63, 3.8) is 0 Å². The van der Waals surface area contributed by atoms with E-state index in [9.17, 15) is 24.8 Å². The molecule has 2 aliphatic rings. The minimum absolute atomic E-state index is 0.0256. The van der Waals surface area contributed by atoms with E-state index >= 15 is 0 Å². The van der Waals surface area contributed by atoms with Gasteiger partial charge in [-0.1, -0.05) is 26.0 Å². The van der Waals surface area contributed by atoms with Gasteiger partial charge in [-0.15, -0.1) is 0 Å². The van der Waals surface area contributed by atoms with E-state index < -0.39 is 22.3 Å². The highest BCUT2D eigenvalue weighted by atomic mass is 16.6. The zero-order chi connectivity index (χ0) is 25.3. The molecule has 0 aromatic heterocycles. The monoisotopic (exact) mass is 480 g/mol. The summed E-state index contributed by atoms with van der Waals surface area (Å²) in [5, 5.41) is 24.4. The van der Waals surface area contributed by atoms with Crippen LogP contribution in [0, 0.1) is 16.0 Å². The standard InChI is InChI=1S/C26H28N2O7/c1-14(2)13-35-18-6-4-15(5-7-18)16-8-20-25(22(29)10-16)19(12-24(30)27-20)17-9-21(28(32)33)26(31)23(11-17)34-3/h4-7,9,11,14,16,19,31H,8,10,12-13H2,1-3H3,(H,27,30). The summed E-state index contributed by atoms with van der Waals surface area (Å²) in [5.74, 6) is -0.650. The third-order valence-corrected chi connectivity index (χ3v) is 6.37. The molecular weight excluding hydrogens is 452 g/mol. The zero-order valence-corrected chi connectivity index (χ0v) is 19.9. The van der Waals surface area contributed by atoms with Gasteiger partial charge in [-0.2, -0.15) is 0 Å². The van der Waals surface area contributed by atoms with Gasteiger partial charge < -0.3 is 19.9 Å². The van der Waals surface area contributed by atoms with Crippen LogP contribution >= 0.6 is 0 Å². The van der Waals surface area contributed by atoms with Gasteiger partial charge in [0.05, 0.1) is 18.6 Å². The molecule has 2 N–H and O–H groups in total. The van der Waals surface area contributed by atoms with Crippen molar-refractivity contribution in [1.29, 1.82) is 0 Å². The highest BCUT2D eigenvalue weighted by molar-refractivity contribution is 6.02. The Kier molecular flexibility index (Phi) is 6.77. The van der Waals surface area contributed by atoms with Gasteiger partial charge in [0.25, 0.3) is 0 Å². The summed E-state index contributed by atoms with van der Waals surface area (Å²) in [5.41, 5.74) is 1.82. The Labute approximate surface area is 202 Å². The first-order chi connectivity index (χ1) is 16.7. The van der Waals surface area contributed by atoms with Gasteiger partial charge in [-0.25, -0.2) is 0 Å². The Morgan fingerprint density at radius 3 is 2.46 bits per heavy atom. The zero-order valence-electron chi connectivity index (χ0n) is 19.9. The molecule has 2 aromatic carbocycles. The number of phenolic OH excluding ortho intramolecular Hbond substituents is 1. The van der Waals surface area contributed by atoms with Crippen LogP contribution in [0.4, 0.5) is 5.69 Å². The van der Waals surface area contributed by atoms with Crippen molar-refractivity contribution in [3.05, 3.63) is 68.9 Å². The maximum Gasteiger partial charge on any atom is 0.314 e. The first-order valence-electron chi connectivity index (χ1n) is 11.5. The first kappa shape index (κ1) is 24.3. The Morgan fingerprint density at radius 2 is 1.83 bits per heavy atom. The molecule has 2 aromatic rings. The number of nitro benzene ring substituents is 1. The largest absolute Gasteiger partial charge is 0.500 e. The molecule has 0 saturated heterocycles. The summed E-state index contributed by atoms with van der Waals surface area (Å²) < 4.78 is 10.8. The number of nitro groups is 1. The van der Waals surface area contributed by atoms with Gasteiger partial charge >= 0.3 is 5.69 Å². The van der Waals surface area contributed by atoms with E-state index in [1.165, 1.54) is 19.2 Å². The Bertz CT molecular complexity index is 1200. The number of hydrogen-bond acceptors (Lipinski definition) is 7. The van der Waals surface area contributed by atoms with Crippen LogP contribution in [0.1, 0.15) is 56.1 Å². The van der Waals surface area contributed by atoms with Crippen molar-refractivity contribution in [1.82, 2.24) is 5.32 Å². The van der Waals surface area contributed by atoms with E-state index in [1.807, 2.05) is 24.3 Å². The topological polar surface area (TPSA) is 128 Å². The number of amides is 1. The molecule has 1 aliphatic carbocycles. The minimum Gasteiger partial charge on any atom is -0.500 e. The Balaban J connectivity index is 1.65. The van der Waals surface area contributed by atoms with Crippen molar-refractivity contribution in [2.45, 2.75) is 44.9 Å². The summed E-state index contributed by atoms with van der Waals surface area (Å²) in [6.45, 7) is 4.77. The number of benzene rings is 2. The first-order valence-corrected chi connectivity index (χ1v) is 11.5. The molecule has 184 valence electrons. The average Bonchev–Trinajstić information content (AvgIpc) is 2.82. The average molecular weight is 481 g/mol. The summed E-state index contributed by atoms with van der Waals surface area (Å²) in [6, 6.07) is 10.3. The van der Waals surface area contributed by atoms with Gasteiger partial charge in [-0.05, 0) is 47.6 Å². The van der Waals surface area contributed by atoms with E-state index in [2.05, 4.69) is 19.2 Å². The normalized spacial score (nSPS) is 19.9. The number of nitrogens with zero attached hydrogens (tertiary/aromatic N) is 1. The fourth-order valence-electron chi connectivity index (χ4n) is 4.69. The smallest absolute Gasteiger partial charge is 0.314 e. The number of aromatic hydroxyl groups is 1. The van der Waals surface area contributed by atoms with Crippen LogP contribution in [0.3, 0.4) is 0 Å². The lowest BCUT2D eigenvalue weighted by Crippen LogP contribution is -2.38. The molecule has 0 bridgehead atoms. The number of methoxy groups -OCH3 is 1. The number of hydrogen-bond donors (Lipinski definition) is 2. The number of ether oxygens (including phenoxy) is 2. The summed E-state index contributed by atoms with van der Waals surface area (Å²) in [6.07, 6.45) is 0.698. The van der Waals surface area contributed by atoms with Crippen LogP contribution in [-0.2, 0) is 9.59 Å². The van der Waals surface area contributed by atoms with Crippen LogP contribution in [0.15, 0.2) is 47.7 Å². The van der Waals surface area contributed by atoms with E-state index in [4.69, 9.17) is 9.47 Å². The SMILES string of the molecule is COc1cc(C2CC(=O)NC3=C2C(=O)CC(c2ccc(OCC(C)C)cc2)C3)cc([N+](=O)[O-])c1O. The van der Waals surface area contributed by atoms with Gasteiger partial charge in [0.2, 0.25) is 11.7 Å². The number of Topliss-reactive ketones (excluding diaryl/α,β-unsaturated/α-hetero) is 1. The van der Waals surface area contributed by atoms with Crippen molar-refractivity contribution in [2.75, 3.05) is 13.7 Å². The van der Waals surface area contributed by atoms with Crippen molar-refractivity contribution in [3.8, 4) is 17.2 Å². The number of nitrogens with one attached hydrogen (secondary N) is 1. The van der Waals surface area contributed by atoms with Crippen molar-refractivity contribution < 1.29 is 29.1 Å². The molecule has 0 radical (unpaired) electrons. The molecule has 1 heterocycles. The number of carbonyl (C=O) groups is 2. The molecule has 0 fully saturated rings. The lowest BCUT2D eigenvalue weighted by molar-refractivity contribution is -0.386. The number of carbonyl (C=O) groups excluding carboxylic acids is 2. The predicted octanol–water partition coefficient (Wildman–Crippen LogP) is 4.35. The second-order valence-corrected chi connectivity index (χ2v) is 9.35. The molecule has 35 heavy (non-hydrogen) atoms. The fraction of sp³-hybridized carbons (Fsp3) is 0.385. The molecule has 0 saturated carbocycles. The van der Waals surface area contributed by atoms with Crippen LogP contribution in [0.5, 0.6) is 17.2 Å². The number of allylic oxidation sites excluding steroid dienone is 2. The molecule has 2 atom stereocenters. The quantitative estimate of drug-likeness (QED) is 0.445. The van der Waals surface area contributed by atoms with Gasteiger partial charge in [0.1, 0.15) is 5.75 Å². The number of rotatable bonds is 7. The summed E-state index contributed by atoms with van der Waals surface area (Å²) in [7, 11) is 1.29. The molecule has 9 nitrogen and oxygen atoms in total. The maximum absolute atomic E-state index is 13.3. The van der Waals surface area contributed by atoms with Crippen LogP contribution in [0.25, 0.3) is 0 Å². The summed E-state index contributed by atoms with van der Waals surface area (Å²) >= 11 is 0. The second-order valence-electron chi connectivity index (χ2n) is 9.35. The Hall–Kier alpha value is -3.88. The van der Waals surface area contributed by atoms with E-state index in [1.54, 1.807) is 0 Å². The predicted molar refractivity (Wildman–Crippen MR) is 128 cm³/mol. The summed E-state index contributed by atoms with van der Waals surface area (Å²) in [4.78, 5) is 36.7. The lowest BCUT2D eigenvalue weighted by Gasteiger charge is -2.34. The lowest BCUT2D eigenvalue weighted by atomic mass is 9.73. The number of phenols is 1. The van der Waals surface area contributed by atoms with Crippen molar-refractivity contribution >= 4 is 17.4 Å². The molecular formula is C26H28N2O7. The third kappa shape index (κ3) is 4.99. The van der Waals surface area contributed by atoms with Gasteiger partial charge in [0.15, 0.2) is 11.5 Å².